The normalized spacial score (nSPS) is 10.8. The Morgan fingerprint density at radius 2 is 1.71 bits per heavy atom. The van der Waals surface area contributed by atoms with Crippen LogP contribution < -0.4 is 14.4 Å². The number of carbonyl (C=O) groups excluding carboxylic acids is 1. The number of benzene rings is 3. The van der Waals surface area contributed by atoms with Gasteiger partial charge < -0.3 is 9.47 Å². The summed E-state index contributed by atoms with van der Waals surface area (Å²) in [6.07, 6.45) is 0. The van der Waals surface area contributed by atoms with E-state index >= 15 is 0 Å². The van der Waals surface area contributed by atoms with Gasteiger partial charge in [0.05, 0.1) is 23.9 Å². The topological polar surface area (TPSA) is 51.7 Å². The maximum Gasteiger partial charge on any atom is 0.267 e. The van der Waals surface area contributed by atoms with Gasteiger partial charge in [-0.05, 0) is 60.9 Å². The van der Waals surface area contributed by atoms with Crippen molar-refractivity contribution in [2.45, 2.75) is 20.4 Å². The van der Waals surface area contributed by atoms with Gasteiger partial charge in [0, 0.05) is 0 Å². The standard InChI is InChI=1S/C25H24N2O3S/c1-17-13-18(2)24-22(14-17)26-25(31-24)27(15-19-7-5-4-6-8-19)23(28)16-30-21-11-9-20(29-3)10-12-21/h4-14H,15-16H2,1-3H3. The van der Waals surface area contributed by atoms with Crippen molar-refractivity contribution < 1.29 is 14.3 Å². The summed E-state index contributed by atoms with van der Waals surface area (Å²) < 4.78 is 12.0. The predicted octanol–water partition coefficient (Wildman–Crippen LogP) is 5.53. The second-order valence-corrected chi connectivity index (χ2v) is 8.33. The number of carbonyl (C=O) groups is 1. The van der Waals surface area contributed by atoms with Crippen LogP contribution in [0.1, 0.15) is 16.7 Å². The second kappa shape index (κ2) is 9.18. The van der Waals surface area contributed by atoms with E-state index in [1.807, 2.05) is 30.3 Å². The summed E-state index contributed by atoms with van der Waals surface area (Å²) in [6, 6.07) is 21.3. The molecule has 0 aliphatic carbocycles. The number of nitrogens with zero attached hydrogens (tertiary/aromatic N) is 2. The number of hydrogen-bond donors (Lipinski definition) is 0. The van der Waals surface area contributed by atoms with Gasteiger partial charge in [0.25, 0.3) is 5.91 Å². The molecule has 5 nitrogen and oxygen atoms in total. The van der Waals surface area contributed by atoms with Crippen molar-refractivity contribution in [3.8, 4) is 11.5 Å². The summed E-state index contributed by atoms with van der Waals surface area (Å²) in [7, 11) is 1.61. The molecule has 0 radical (unpaired) electrons. The summed E-state index contributed by atoms with van der Waals surface area (Å²) in [5, 5.41) is 0.677. The Hall–Kier alpha value is -3.38. The molecule has 158 valence electrons. The lowest BCUT2D eigenvalue weighted by atomic mass is 10.1. The van der Waals surface area contributed by atoms with Crippen molar-refractivity contribution in [1.82, 2.24) is 4.98 Å². The molecular weight excluding hydrogens is 408 g/mol. The van der Waals surface area contributed by atoms with Crippen molar-refractivity contribution in [3.05, 3.63) is 83.4 Å². The Bertz CT molecular complexity index is 1190. The molecule has 4 aromatic rings. The highest BCUT2D eigenvalue weighted by Gasteiger charge is 2.21. The largest absolute Gasteiger partial charge is 0.497 e. The number of methoxy groups -OCH3 is 1. The smallest absolute Gasteiger partial charge is 0.267 e. The van der Waals surface area contributed by atoms with E-state index in [1.165, 1.54) is 16.9 Å². The lowest BCUT2D eigenvalue weighted by Gasteiger charge is -2.20. The molecule has 31 heavy (non-hydrogen) atoms. The van der Waals surface area contributed by atoms with Crippen LogP contribution in [0.25, 0.3) is 10.2 Å². The molecule has 0 bridgehead atoms. The Morgan fingerprint density at radius 1 is 1.00 bits per heavy atom. The lowest BCUT2D eigenvalue weighted by molar-refractivity contribution is -0.120. The van der Waals surface area contributed by atoms with Crippen LogP contribution in [0.15, 0.2) is 66.7 Å². The highest BCUT2D eigenvalue weighted by atomic mass is 32.1. The highest BCUT2D eigenvalue weighted by Crippen LogP contribution is 2.33. The van der Waals surface area contributed by atoms with Crippen LogP contribution in [-0.2, 0) is 11.3 Å². The molecule has 0 saturated heterocycles. The summed E-state index contributed by atoms with van der Waals surface area (Å²) in [4.78, 5) is 19.7. The van der Waals surface area contributed by atoms with Crippen molar-refractivity contribution >= 4 is 32.6 Å². The molecule has 1 amide bonds. The van der Waals surface area contributed by atoms with Crippen molar-refractivity contribution in [2.75, 3.05) is 18.6 Å². The second-order valence-electron chi connectivity index (χ2n) is 7.36. The van der Waals surface area contributed by atoms with E-state index in [2.05, 4.69) is 26.0 Å². The van der Waals surface area contributed by atoms with Crippen LogP contribution in [0.2, 0.25) is 0 Å². The monoisotopic (exact) mass is 432 g/mol. The number of anilines is 1. The van der Waals surface area contributed by atoms with Crippen LogP contribution >= 0.6 is 11.3 Å². The third kappa shape index (κ3) is 4.86. The number of ether oxygens (including phenoxy) is 2. The summed E-state index contributed by atoms with van der Waals surface area (Å²) in [6.45, 7) is 4.49. The molecule has 1 heterocycles. The molecule has 0 unspecified atom stereocenters. The van der Waals surface area contributed by atoms with Gasteiger partial charge in [-0.2, -0.15) is 0 Å². The third-order valence-corrected chi connectivity index (χ3v) is 6.18. The SMILES string of the molecule is COc1ccc(OCC(=O)N(Cc2ccccc2)c2nc3cc(C)cc(C)c3s2)cc1. The fourth-order valence-electron chi connectivity index (χ4n) is 3.40. The van der Waals surface area contributed by atoms with Crippen LogP contribution in [0, 0.1) is 13.8 Å². The van der Waals surface area contributed by atoms with E-state index in [0.29, 0.717) is 17.4 Å². The minimum absolute atomic E-state index is 0.0763. The van der Waals surface area contributed by atoms with Gasteiger partial charge in [-0.1, -0.05) is 47.7 Å². The third-order valence-electron chi connectivity index (χ3n) is 4.95. The average molecular weight is 433 g/mol. The van der Waals surface area contributed by atoms with Gasteiger partial charge in [0.2, 0.25) is 0 Å². The molecule has 3 aromatic carbocycles. The minimum atomic E-state index is -0.145. The first kappa shape index (κ1) is 20.9. The quantitative estimate of drug-likeness (QED) is 0.385. The number of aromatic nitrogens is 1. The first-order chi connectivity index (χ1) is 15.0. The number of fused-ring (bicyclic) bond motifs is 1. The predicted molar refractivity (Wildman–Crippen MR) is 125 cm³/mol. The van der Waals surface area contributed by atoms with Gasteiger partial charge in [0.15, 0.2) is 11.7 Å². The van der Waals surface area contributed by atoms with Crippen LogP contribution in [0.4, 0.5) is 5.13 Å². The highest BCUT2D eigenvalue weighted by molar-refractivity contribution is 7.22. The van der Waals surface area contributed by atoms with E-state index in [4.69, 9.17) is 14.5 Å². The Labute approximate surface area is 185 Å². The van der Waals surface area contributed by atoms with E-state index in [-0.39, 0.29) is 12.5 Å². The molecule has 1 aromatic heterocycles. The van der Waals surface area contributed by atoms with Gasteiger partial charge in [-0.3, -0.25) is 9.69 Å². The van der Waals surface area contributed by atoms with Crippen molar-refractivity contribution in [3.63, 3.8) is 0 Å². The molecule has 0 atom stereocenters. The molecule has 6 heteroatoms. The summed E-state index contributed by atoms with van der Waals surface area (Å²) in [5.74, 6) is 1.21. The zero-order valence-corrected chi connectivity index (χ0v) is 18.6. The maximum atomic E-state index is 13.2. The van der Waals surface area contributed by atoms with E-state index in [9.17, 15) is 4.79 Å². The number of rotatable bonds is 7. The molecule has 0 fully saturated rings. The van der Waals surface area contributed by atoms with Gasteiger partial charge >= 0.3 is 0 Å². The summed E-state index contributed by atoms with van der Waals surface area (Å²) in [5.41, 5.74) is 4.28. The Balaban J connectivity index is 1.60. The van der Waals surface area contributed by atoms with Crippen LogP contribution in [0.5, 0.6) is 11.5 Å². The zero-order valence-electron chi connectivity index (χ0n) is 17.8. The number of amides is 1. The summed E-state index contributed by atoms with van der Waals surface area (Å²) >= 11 is 1.54. The average Bonchev–Trinajstić information content (AvgIpc) is 3.21. The van der Waals surface area contributed by atoms with E-state index < -0.39 is 0 Å². The maximum absolute atomic E-state index is 13.2. The molecule has 0 aliphatic heterocycles. The zero-order chi connectivity index (χ0) is 21.8. The fraction of sp³-hybridized carbons (Fsp3) is 0.200. The van der Waals surface area contributed by atoms with Gasteiger partial charge in [-0.15, -0.1) is 0 Å². The minimum Gasteiger partial charge on any atom is -0.497 e. The van der Waals surface area contributed by atoms with Crippen molar-refractivity contribution in [1.29, 1.82) is 0 Å². The first-order valence-corrected chi connectivity index (χ1v) is 10.8. The van der Waals surface area contributed by atoms with E-state index in [0.717, 1.165) is 27.1 Å². The molecule has 0 saturated carbocycles. The first-order valence-electron chi connectivity index (χ1n) is 10.0. The molecule has 0 N–H and O–H groups in total. The Kier molecular flexibility index (Phi) is 6.18. The molecular formula is C25H24N2O3S. The number of thiazole rings is 1. The van der Waals surface area contributed by atoms with Crippen LogP contribution in [0.3, 0.4) is 0 Å². The molecule has 4 rings (SSSR count). The van der Waals surface area contributed by atoms with E-state index in [1.54, 1.807) is 36.3 Å². The number of hydrogen-bond acceptors (Lipinski definition) is 5. The van der Waals surface area contributed by atoms with Gasteiger partial charge in [-0.25, -0.2) is 4.98 Å². The van der Waals surface area contributed by atoms with Crippen LogP contribution in [-0.4, -0.2) is 24.6 Å². The Morgan fingerprint density at radius 3 is 2.42 bits per heavy atom. The van der Waals surface area contributed by atoms with Crippen molar-refractivity contribution in [2.24, 2.45) is 0 Å². The van der Waals surface area contributed by atoms with Gasteiger partial charge in [0.1, 0.15) is 11.5 Å². The fourth-order valence-corrected chi connectivity index (χ4v) is 4.44. The number of aryl methyl sites for hydroxylation is 2. The molecule has 0 aliphatic rings. The lowest BCUT2D eigenvalue weighted by Crippen LogP contribution is -2.34. The molecule has 0 spiro atoms.